The Balaban J connectivity index is 2.02. The maximum absolute atomic E-state index is 12.6. The van der Waals surface area contributed by atoms with E-state index in [-0.39, 0.29) is 5.91 Å². The Kier molecular flexibility index (Phi) is 8.09. The van der Waals surface area contributed by atoms with Crippen molar-refractivity contribution in [3.63, 3.8) is 0 Å². The minimum absolute atomic E-state index is 0.235. The molecule has 0 saturated heterocycles. The van der Waals surface area contributed by atoms with Gasteiger partial charge in [-0.2, -0.15) is 0 Å². The van der Waals surface area contributed by atoms with Gasteiger partial charge in [0.15, 0.2) is 0 Å². The van der Waals surface area contributed by atoms with E-state index < -0.39 is 6.04 Å². The molecular weight excluding hydrogens is 474 g/mol. The van der Waals surface area contributed by atoms with Crippen LogP contribution in [0.1, 0.15) is 5.56 Å². The van der Waals surface area contributed by atoms with Crippen LogP contribution in [-0.2, 0) is 11.2 Å². The number of nitrogen functional groups attached to an aromatic ring is 1. The number of carbonyl (C=O) groups is 1. The van der Waals surface area contributed by atoms with Gasteiger partial charge in [-0.3, -0.25) is 4.79 Å². The summed E-state index contributed by atoms with van der Waals surface area (Å²) in [5.41, 5.74) is 15.2. The predicted molar refractivity (Wildman–Crippen MR) is 120 cm³/mol. The van der Waals surface area contributed by atoms with Gasteiger partial charge in [0.25, 0.3) is 0 Å². The van der Waals surface area contributed by atoms with Crippen molar-refractivity contribution in [2.45, 2.75) is 12.5 Å². The number of halogens is 2. The van der Waals surface area contributed by atoms with E-state index in [2.05, 4.69) is 47.4 Å². The molecule has 0 aromatic heterocycles. The van der Waals surface area contributed by atoms with Gasteiger partial charge in [0.2, 0.25) is 5.91 Å². The lowest BCUT2D eigenvalue weighted by atomic mass is 10.1. The molecule has 2 aromatic carbocycles. The quantitative estimate of drug-likeness (QED) is 0.419. The number of likely N-dealkylation sites (N-methyl/N-ethyl adjacent to an activating group) is 1. The van der Waals surface area contributed by atoms with Crippen molar-refractivity contribution in [2.24, 2.45) is 5.73 Å². The van der Waals surface area contributed by atoms with E-state index in [4.69, 9.17) is 11.5 Å². The summed E-state index contributed by atoms with van der Waals surface area (Å²) in [6.07, 6.45) is 0.402. The summed E-state index contributed by atoms with van der Waals surface area (Å²) in [7, 11) is 4.03. The third-order valence-electron chi connectivity index (χ3n) is 3.99. The Morgan fingerprint density at radius 3 is 2.33 bits per heavy atom. The molecule has 0 aliphatic carbocycles. The molecule has 0 bridgehead atoms. The molecule has 2 aromatic rings. The lowest BCUT2D eigenvalue weighted by Gasteiger charge is -2.17. The lowest BCUT2D eigenvalue weighted by molar-refractivity contribution is -0.117. The van der Waals surface area contributed by atoms with E-state index in [0.29, 0.717) is 12.1 Å². The van der Waals surface area contributed by atoms with Crippen LogP contribution < -0.4 is 22.1 Å². The van der Waals surface area contributed by atoms with Crippen LogP contribution in [0, 0.1) is 0 Å². The van der Waals surface area contributed by atoms with Crippen LogP contribution in [0.5, 0.6) is 0 Å². The van der Waals surface area contributed by atoms with Crippen molar-refractivity contribution in [1.29, 1.82) is 0 Å². The molecule has 1 amide bonds. The van der Waals surface area contributed by atoms with Gasteiger partial charge in [0.05, 0.1) is 23.1 Å². The van der Waals surface area contributed by atoms with Crippen LogP contribution in [-0.4, -0.2) is 44.0 Å². The Bertz CT molecular complexity index is 774. The van der Waals surface area contributed by atoms with E-state index in [1.54, 1.807) is 0 Å². The largest absolute Gasteiger partial charge is 0.397 e. The highest BCUT2D eigenvalue weighted by molar-refractivity contribution is 9.11. The smallest absolute Gasteiger partial charge is 0.241 e. The first kappa shape index (κ1) is 21.7. The van der Waals surface area contributed by atoms with Gasteiger partial charge in [-0.05, 0) is 82.2 Å². The van der Waals surface area contributed by atoms with Gasteiger partial charge in [-0.15, -0.1) is 0 Å². The number of nitrogens with one attached hydrogen (secondary N) is 2. The number of nitrogens with zero attached hydrogens (tertiary/aromatic N) is 1. The fraction of sp³-hybridized carbons (Fsp3) is 0.316. The number of hydrogen-bond donors (Lipinski definition) is 4. The maximum atomic E-state index is 12.6. The summed E-state index contributed by atoms with van der Waals surface area (Å²) in [6.45, 7) is 1.67. The van der Waals surface area contributed by atoms with Gasteiger partial charge < -0.3 is 27.0 Å². The molecule has 0 unspecified atom stereocenters. The molecule has 8 heteroatoms. The first-order chi connectivity index (χ1) is 12.8. The average Bonchev–Trinajstić information content (AvgIpc) is 2.60. The molecule has 0 heterocycles. The van der Waals surface area contributed by atoms with E-state index in [1.165, 1.54) is 0 Å². The number of para-hydroxylation sites is 2. The maximum Gasteiger partial charge on any atom is 0.241 e. The Morgan fingerprint density at radius 2 is 1.74 bits per heavy atom. The van der Waals surface area contributed by atoms with Crippen LogP contribution in [0.2, 0.25) is 0 Å². The van der Waals surface area contributed by atoms with Gasteiger partial charge in [0, 0.05) is 22.0 Å². The first-order valence-electron chi connectivity index (χ1n) is 8.55. The molecule has 0 spiro atoms. The van der Waals surface area contributed by atoms with Crippen LogP contribution in [0.25, 0.3) is 0 Å². The molecule has 0 fully saturated rings. The van der Waals surface area contributed by atoms with Crippen molar-refractivity contribution < 1.29 is 4.79 Å². The summed E-state index contributed by atoms with van der Waals surface area (Å²) in [5, 5.41) is 6.26. The molecule has 0 aliphatic heterocycles. The summed E-state index contributed by atoms with van der Waals surface area (Å²) in [4.78, 5) is 14.7. The van der Waals surface area contributed by atoms with Crippen LogP contribution in [0.15, 0.2) is 45.3 Å². The summed E-state index contributed by atoms with van der Waals surface area (Å²) >= 11 is 6.83. The Labute approximate surface area is 176 Å². The summed E-state index contributed by atoms with van der Waals surface area (Å²) in [6, 6.07) is 10.7. The van der Waals surface area contributed by atoms with Crippen molar-refractivity contribution in [1.82, 2.24) is 4.90 Å². The number of nitrogens with two attached hydrogens (primary N) is 2. The molecule has 1 atom stereocenters. The number of hydrogen-bond acceptors (Lipinski definition) is 5. The monoisotopic (exact) mass is 497 g/mol. The second-order valence-corrected chi connectivity index (χ2v) is 8.26. The van der Waals surface area contributed by atoms with Crippen molar-refractivity contribution in [3.05, 3.63) is 50.9 Å². The second kappa shape index (κ2) is 10.1. The lowest BCUT2D eigenvalue weighted by Crippen LogP contribution is -2.37. The van der Waals surface area contributed by atoms with Gasteiger partial charge in [-0.25, -0.2) is 0 Å². The zero-order valence-corrected chi connectivity index (χ0v) is 18.6. The molecule has 6 N–H and O–H groups in total. The van der Waals surface area contributed by atoms with E-state index in [9.17, 15) is 4.79 Å². The van der Waals surface area contributed by atoms with E-state index >= 15 is 0 Å². The van der Waals surface area contributed by atoms with Gasteiger partial charge >= 0.3 is 0 Å². The Hall–Kier alpha value is -1.61. The molecule has 0 radical (unpaired) electrons. The highest BCUT2D eigenvalue weighted by atomic mass is 79.9. The molecule has 2 rings (SSSR count). The fourth-order valence-electron chi connectivity index (χ4n) is 2.49. The van der Waals surface area contributed by atoms with Gasteiger partial charge in [-0.1, -0.05) is 12.1 Å². The molecule has 146 valence electrons. The van der Waals surface area contributed by atoms with Crippen LogP contribution >= 0.6 is 31.9 Å². The normalized spacial score (nSPS) is 12.1. The van der Waals surface area contributed by atoms with Crippen LogP contribution in [0.3, 0.4) is 0 Å². The highest BCUT2D eigenvalue weighted by Crippen LogP contribution is 2.30. The first-order valence-corrected chi connectivity index (χ1v) is 10.1. The standard InChI is InChI=1S/C19H25Br2N5O/c1-26(2)8-7-24-16-5-3-4-6-17(16)25-19(27)15(22)11-12-9-13(20)18(23)14(21)10-12/h3-6,9-10,15,24H,7-8,11,22-23H2,1-2H3,(H,25,27)/t15-/m1/s1. The number of anilines is 3. The van der Waals surface area contributed by atoms with Crippen molar-refractivity contribution >= 4 is 54.8 Å². The van der Waals surface area contributed by atoms with E-state index in [1.807, 2.05) is 50.5 Å². The molecule has 0 saturated carbocycles. The summed E-state index contributed by atoms with van der Waals surface area (Å²) < 4.78 is 1.55. The number of amides is 1. The SMILES string of the molecule is CN(C)CCNc1ccccc1NC(=O)[C@H](N)Cc1cc(Br)c(N)c(Br)c1. The zero-order valence-electron chi connectivity index (χ0n) is 15.4. The number of benzene rings is 2. The van der Waals surface area contributed by atoms with Crippen molar-refractivity contribution in [3.8, 4) is 0 Å². The second-order valence-electron chi connectivity index (χ2n) is 6.55. The molecule has 6 nitrogen and oxygen atoms in total. The average molecular weight is 499 g/mol. The summed E-state index contributed by atoms with van der Waals surface area (Å²) in [5.74, 6) is -0.235. The highest BCUT2D eigenvalue weighted by Gasteiger charge is 2.17. The zero-order chi connectivity index (χ0) is 20.0. The number of rotatable bonds is 8. The third kappa shape index (κ3) is 6.49. The number of carbonyl (C=O) groups excluding carboxylic acids is 1. The Morgan fingerprint density at radius 1 is 1.15 bits per heavy atom. The molecule has 27 heavy (non-hydrogen) atoms. The van der Waals surface area contributed by atoms with Gasteiger partial charge in [0.1, 0.15) is 0 Å². The van der Waals surface area contributed by atoms with Crippen LogP contribution in [0.4, 0.5) is 17.1 Å². The minimum atomic E-state index is -0.678. The predicted octanol–water partition coefficient (Wildman–Crippen LogP) is 3.28. The topological polar surface area (TPSA) is 96.4 Å². The third-order valence-corrected chi connectivity index (χ3v) is 5.30. The molecular formula is C19H25Br2N5O. The fourth-order valence-corrected chi connectivity index (χ4v) is 3.77. The van der Waals surface area contributed by atoms with E-state index in [0.717, 1.165) is 39.0 Å². The molecule has 0 aliphatic rings. The van der Waals surface area contributed by atoms with Crippen molar-refractivity contribution in [2.75, 3.05) is 43.6 Å². The minimum Gasteiger partial charge on any atom is -0.397 e.